The second kappa shape index (κ2) is 8.32. The molecule has 0 heterocycles. The zero-order valence-corrected chi connectivity index (χ0v) is 16.7. The van der Waals surface area contributed by atoms with Crippen LogP contribution in [0, 0.1) is 10.1 Å². The molecule has 150 valence electrons. The van der Waals surface area contributed by atoms with Gasteiger partial charge in [-0.3, -0.25) is 10.1 Å². The van der Waals surface area contributed by atoms with Crippen molar-refractivity contribution in [3.63, 3.8) is 0 Å². The maximum atomic E-state index is 11.8. The third kappa shape index (κ3) is 4.72. The predicted octanol–water partition coefficient (Wildman–Crippen LogP) is 4.21. The number of nitro benzene ring substituents is 1. The first-order valence-electron chi connectivity index (χ1n) is 8.73. The van der Waals surface area contributed by atoms with E-state index in [1.54, 1.807) is 7.11 Å². The lowest BCUT2D eigenvalue weighted by Crippen LogP contribution is -2.14. The van der Waals surface area contributed by atoms with Gasteiger partial charge in [-0.1, -0.05) is 42.5 Å². The largest absolute Gasteiger partial charge is 0.497 e. The summed E-state index contributed by atoms with van der Waals surface area (Å²) in [7, 11) is -1.98. The van der Waals surface area contributed by atoms with Crippen molar-refractivity contribution in [2.75, 3.05) is 18.7 Å². The number of nitro groups is 1. The Morgan fingerprint density at radius 2 is 1.59 bits per heavy atom. The second-order valence-corrected chi connectivity index (χ2v) is 8.49. The highest BCUT2D eigenvalue weighted by atomic mass is 32.2. The van der Waals surface area contributed by atoms with Crippen molar-refractivity contribution in [1.29, 1.82) is 0 Å². The molecule has 0 aromatic heterocycles. The standard InChI is InChI=1S/C21H20N2O5S/c1-28-17-10-8-16(9-11-17)21(15-6-4-3-5-7-15)22-19-13-12-18(29(2,26)27)14-20(19)23(24)25/h3-14,21-22H,1-2H3/t21-/m1/s1. The van der Waals surface area contributed by atoms with E-state index in [1.807, 2.05) is 54.6 Å². The lowest BCUT2D eigenvalue weighted by Gasteiger charge is -2.21. The molecule has 0 spiro atoms. The van der Waals surface area contributed by atoms with Crippen LogP contribution in [0.25, 0.3) is 0 Å². The summed E-state index contributed by atoms with van der Waals surface area (Å²) in [5, 5.41) is 14.8. The summed E-state index contributed by atoms with van der Waals surface area (Å²) in [5.41, 5.74) is 1.70. The van der Waals surface area contributed by atoms with E-state index in [4.69, 9.17) is 4.74 Å². The maximum absolute atomic E-state index is 11.8. The average molecular weight is 412 g/mol. The van der Waals surface area contributed by atoms with Crippen LogP contribution in [0.5, 0.6) is 5.75 Å². The molecule has 8 heteroatoms. The second-order valence-electron chi connectivity index (χ2n) is 6.47. The van der Waals surface area contributed by atoms with Gasteiger partial charge in [0.25, 0.3) is 5.69 Å². The SMILES string of the molecule is COc1ccc([C@H](Nc2ccc(S(C)(=O)=O)cc2[N+](=O)[O-])c2ccccc2)cc1. The van der Waals surface area contributed by atoms with E-state index in [9.17, 15) is 18.5 Å². The first kappa shape index (κ1) is 20.3. The Hall–Kier alpha value is -3.39. The number of nitrogens with zero attached hydrogens (tertiary/aromatic N) is 1. The maximum Gasteiger partial charge on any atom is 0.293 e. The lowest BCUT2D eigenvalue weighted by atomic mass is 9.98. The van der Waals surface area contributed by atoms with Gasteiger partial charge in [0, 0.05) is 12.3 Å². The number of ether oxygens (including phenoxy) is 1. The van der Waals surface area contributed by atoms with E-state index in [-0.39, 0.29) is 22.3 Å². The number of hydrogen-bond donors (Lipinski definition) is 1. The van der Waals surface area contributed by atoms with Gasteiger partial charge in [-0.05, 0) is 35.4 Å². The molecule has 29 heavy (non-hydrogen) atoms. The Labute approximate surface area is 169 Å². The number of sulfone groups is 1. The molecule has 0 fully saturated rings. The number of rotatable bonds is 7. The monoisotopic (exact) mass is 412 g/mol. The van der Waals surface area contributed by atoms with E-state index in [2.05, 4.69) is 5.32 Å². The Morgan fingerprint density at radius 1 is 0.966 bits per heavy atom. The first-order valence-corrected chi connectivity index (χ1v) is 10.6. The lowest BCUT2D eigenvalue weighted by molar-refractivity contribution is -0.384. The molecule has 0 aliphatic rings. The minimum atomic E-state index is -3.56. The van der Waals surface area contributed by atoms with Crippen LogP contribution in [-0.2, 0) is 9.84 Å². The number of anilines is 1. The van der Waals surface area contributed by atoms with Gasteiger partial charge in [0.15, 0.2) is 9.84 Å². The van der Waals surface area contributed by atoms with Crippen molar-refractivity contribution in [3.05, 3.63) is 94.0 Å². The van der Waals surface area contributed by atoms with Crippen molar-refractivity contribution in [2.45, 2.75) is 10.9 Å². The molecular formula is C21H20N2O5S. The fourth-order valence-corrected chi connectivity index (χ4v) is 3.61. The molecule has 7 nitrogen and oxygen atoms in total. The fraction of sp³-hybridized carbons (Fsp3) is 0.143. The summed E-state index contributed by atoms with van der Waals surface area (Å²) in [4.78, 5) is 10.9. The van der Waals surface area contributed by atoms with E-state index in [0.717, 1.165) is 23.4 Å². The van der Waals surface area contributed by atoms with E-state index in [1.165, 1.54) is 12.1 Å². The molecule has 0 bridgehead atoms. The highest BCUT2D eigenvalue weighted by Crippen LogP contribution is 2.34. The fourth-order valence-electron chi connectivity index (χ4n) is 2.97. The highest BCUT2D eigenvalue weighted by Gasteiger charge is 2.22. The summed E-state index contributed by atoms with van der Waals surface area (Å²) in [5.74, 6) is 0.698. The molecule has 0 radical (unpaired) electrons. The van der Waals surface area contributed by atoms with Crippen molar-refractivity contribution in [1.82, 2.24) is 0 Å². The van der Waals surface area contributed by atoms with Gasteiger partial charge in [0.1, 0.15) is 11.4 Å². The Bertz CT molecular complexity index is 1110. The quantitative estimate of drug-likeness (QED) is 0.461. The Morgan fingerprint density at radius 3 is 2.14 bits per heavy atom. The van der Waals surface area contributed by atoms with Crippen LogP contribution in [0.4, 0.5) is 11.4 Å². The average Bonchev–Trinajstić information content (AvgIpc) is 2.72. The summed E-state index contributed by atoms with van der Waals surface area (Å²) < 4.78 is 28.8. The topological polar surface area (TPSA) is 98.5 Å². The predicted molar refractivity (Wildman–Crippen MR) is 111 cm³/mol. The van der Waals surface area contributed by atoms with E-state index in [0.29, 0.717) is 5.75 Å². The third-order valence-electron chi connectivity index (χ3n) is 4.48. The van der Waals surface area contributed by atoms with Crippen LogP contribution in [0.15, 0.2) is 77.7 Å². The molecule has 1 atom stereocenters. The smallest absolute Gasteiger partial charge is 0.293 e. The summed E-state index contributed by atoms with van der Waals surface area (Å²) in [6.45, 7) is 0. The van der Waals surface area contributed by atoms with Gasteiger partial charge in [-0.15, -0.1) is 0 Å². The molecule has 0 aliphatic heterocycles. The summed E-state index contributed by atoms with van der Waals surface area (Å²) in [6, 6.07) is 20.3. The van der Waals surface area contributed by atoms with Gasteiger partial charge < -0.3 is 10.1 Å². The van der Waals surface area contributed by atoms with Crippen molar-refractivity contribution in [2.24, 2.45) is 0 Å². The van der Waals surface area contributed by atoms with Crippen LogP contribution in [0.1, 0.15) is 17.2 Å². The van der Waals surface area contributed by atoms with Gasteiger partial charge >= 0.3 is 0 Å². The molecule has 3 rings (SSSR count). The first-order chi connectivity index (χ1) is 13.8. The highest BCUT2D eigenvalue weighted by molar-refractivity contribution is 7.90. The summed E-state index contributed by atoms with van der Waals surface area (Å²) >= 11 is 0. The molecule has 0 unspecified atom stereocenters. The van der Waals surface area contributed by atoms with Crippen LogP contribution in [-0.4, -0.2) is 26.7 Å². The van der Waals surface area contributed by atoms with Crippen LogP contribution >= 0.6 is 0 Å². The summed E-state index contributed by atoms with van der Waals surface area (Å²) in [6.07, 6.45) is 1.02. The van der Waals surface area contributed by atoms with E-state index >= 15 is 0 Å². The molecular weight excluding hydrogens is 392 g/mol. The van der Waals surface area contributed by atoms with Gasteiger partial charge in [-0.25, -0.2) is 8.42 Å². The Balaban J connectivity index is 2.07. The molecule has 0 aliphatic carbocycles. The zero-order valence-electron chi connectivity index (χ0n) is 15.9. The third-order valence-corrected chi connectivity index (χ3v) is 5.59. The Kier molecular flexibility index (Phi) is 5.84. The molecule has 1 N–H and O–H groups in total. The molecule has 0 saturated heterocycles. The van der Waals surface area contributed by atoms with Crippen molar-refractivity contribution in [3.8, 4) is 5.75 Å². The zero-order chi connectivity index (χ0) is 21.0. The van der Waals surface area contributed by atoms with Crippen molar-refractivity contribution >= 4 is 21.2 Å². The molecule has 0 amide bonds. The molecule has 0 saturated carbocycles. The van der Waals surface area contributed by atoms with Gasteiger partial charge in [0.05, 0.1) is 23.0 Å². The van der Waals surface area contributed by atoms with Gasteiger partial charge in [-0.2, -0.15) is 0 Å². The van der Waals surface area contributed by atoms with Crippen LogP contribution in [0.2, 0.25) is 0 Å². The van der Waals surface area contributed by atoms with Crippen LogP contribution < -0.4 is 10.1 Å². The normalized spacial score (nSPS) is 12.2. The van der Waals surface area contributed by atoms with Crippen molar-refractivity contribution < 1.29 is 18.1 Å². The van der Waals surface area contributed by atoms with Crippen LogP contribution in [0.3, 0.4) is 0 Å². The molecule has 3 aromatic carbocycles. The minimum absolute atomic E-state index is 0.101. The number of methoxy groups -OCH3 is 1. The number of benzene rings is 3. The number of hydrogen-bond acceptors (Lipinski definition) is 6. The van der Waals surface area contributed by atoms with Gasteiger partial charge in [0.2, 0.25) is 0 Å². The minimum Gasteiger partial charge on any atom is -0.497 e. The molecule has 3 aromatic rings. The van der Waals surface area contributed by atoms with E-state index < -0.39 is 14.8 Å². The number of nitrogens with one attached hydrogen (secondary N) is 1.